The van der Waals surface area contributed by atoms with Gasteiger partial charge in [0.25, 0.3) is 0 Å². The molecule has 6 nitrogen and oxygen atoms in total. The minimum atomic E-state index is -0.693. The number of hydrogen-bond acceptors (Lipinski definition) is 5. The number of rotatable bonds is 5. The maximum atomic E-state index is 13.4. The van der Waals surface area contributed by atoms with Gasteiger partial charge in [-0.25, -0.2) is 9.59 Å². The van der Waals surface area contributed by atoms with E-state index in [0.29, 0.717) is 28.0 Å². The van der Waals surface area contributed by atoms with Crippen molar-refractivity contribution in [2.75, 3.05) is 14.2 Å². The van der Waals surface area contributed by atoms with Crippen LogP contribution in [-0.2, 0) is 9.47 Å². The van der Waals surface area contributed by atoms with E-state index in [-0.39, 0.29) is 16.9 Å². The summed E-state index contributed by atoms with van der Waals surface area (Å²) in [6.07, 6.45) is 0. The summed E-state index contributed by atoms with van der Waals surface area (Å²) in [6, 6.07) is 22.9. The molecule has 0 bridgehead atoms. The minimum Gasteiger partial charge on any atom is -0.465 e. The van der Waals surface area contributed by atoms with Crippen LogP contribution in [-0.4, -0.2) is 36.3 Å². The Balaban J connectivity index is 2.16. The normalized spacial score (nSPS) is 10.6. The van der Waals surface area contributed by atoms with Crippen molar-refractivity contribution >= 4 is 23.2 Å². The van der Waals surface area contributed by atoms with Crippen LogP contribution in [0.25, 0.3) is 16.8 Å². The van der Waals surface area contributed by atoms with Crippen LogP contribution in [0.5, 0.6) is 0 Å². The standard InChI is InChI=1S/C25H19NO5/c1-30-24(28)20-18-14-9-15-19(23(27)17-12-7-4-8-13-17)26(18)22(21(20)25(29)31-2)16-10-5-3-6-11-16/h3-15H,1-2H3. The van der Waals surface area contributed by atoms with E-state index < -0.39 is 11.9 Å². The first kappa shape index (κ1) is 20.1. The lowest BCUT2D eigenvalue weighted by Crippen LogP contribution is -2.10. The zero-order chi connectivity index (χ0) is 22.0. The number of fused-ring (bicyclic) bond motifs is 1. The summed E-state index contributed by atoms with van der Waals surface area (Å²) >= 11 is 0. The van der Waals surface area contributed by atoms with E-state index in [1.807, 2.05) is 24.3 Å². The van der Waals surface area contributed by atoms with Gasteiger partial charge >= 0.3 is 11.9 Å². The fourth-order valence-electron chi connectivity index (χ4n) is 3.70. The summed E-state index contributed by atoms with van der Waals surface area (Å²) in [5, 5.41) is 0. The van der Waals surface area contributed by atoms with Gasteiger partial charge in [0.1, 0.15) is 11.1 Å². The molecule has 2 aromatic heterocycles. The third-order valence-electron chi connectivity index (χ3n) is 5.05. The van der Waals surface area contributed by atoms with Crippen LogP contribution in [0.15, 0.2) is 78.9 Å². The van der Waals surface area contributed by atoms with Crippen molar-refractivity contribution in [1.82, 2.24) is 4.40 Å². The number of methoxy groups -OCH3 is 2. The molecule has 0 unspecified atom stereocenters. The van der Waals surface area contributed by atoms with Crippen LogP contribution in [0.4, 0.5) is 0 Å². The largest absolute Gasteiger partial charge is 0.465 e. The van der Waals surface area contributed by atoms with Gasteiger partial charge in [0.2, 0.25) is 5.78 Å². The lowest BCUT2D eigenvalue weighted by molar-refractivity contribution is 0.0558. The molecule has 0 N–H and O–H groups in total. The smallest absolute Gasteiger partial charge is 0.340 e. The van der Waals surface area contributed by atoms with Gasteiger partial charge in [-0.1, -0.05) is 66.7 Å². The molecule has 0 atom stereocenters. The average Bonchev–Trinajstić information content (AvgIpc) is 3.19. The average molecular weight is 413 g/mol. The summed E-state index contributed by atoms with van der Waals surface area (Å²) in [6.45, 7) is 0. The molecule has 2 aromatic carbocycles. The van der Waals surface area contributed by atoms with Gasteiger partial charge in [0.05, 0.1) is 31.1 Å². The van der Waals surface area contributed by atoms with Crippen LogP contribution in [0, 0.1) is 0 Å². The second-order valence-electron chi connectivity index (χ2n) is 6.77. The lowest BCUT2D eigenvalue weighted by atomic mass is 10.0. The lowest BCUT2D eigenvalue weighted by Gasteiger charge is -2.11. The van der Waals surface area contributed by atoms with Crippen LogP contribution < -0.4 is 0 Å². The zero-order valence-electron chi connectivity index (χ0n) is 17.0. The van der Waals surface area contributed by atoms with Crippen LogP contribution in [0.3, 0.4) is 0 Å². The predicted molar refractivity (Wildman–Crippen MR) is 115 cm³/mol. The maximum absolute atomic E-state index is 13.4. The summed E-state index contributed by atoms with van der Waals surface area (Å²) in [4.78, 5) is 39.0. The highest BCUT2D eigenvalue weighted by molar-refractivity contribution is 6.15. The van der Waals surface area contributed by atoms with E-state index in [1.54, 1.807) is 59.0 Å². The number of carbonyl (C=O) groups is 3. The van der Waals surface area contributed by atoms with Gasteiger partial charge in [0, 0.05) is 5.56 Å². The Bertz CT molecular complexity index is 1290. The van der Waals surface area contributed by atoms with E-state index in [0.717, 1.165) is 0 Å². The van der Waals surface area contributed by atoms with Crippen molar-refractivity contribution in [3.8, 4) is 11.3 Å². The first-order valence-electron chi connectivity index (χ1n) is 9.57. The number of carbonyl (C=O) groups excluding carboxylic acids is 3. The molecule has 154 valence electrons. The molecular weight excluding hydrogens is 394 g/mol. The molecule has 0 spiro atoms. The second kappa shape index (κ2) is 8.28. The number of ether oxygens (including phenoxy) is 2. The van der Waals surface area contributed by atoms with Gasteiger partial charge < -0.3 is 13.9 Å². The Morgan fingerprint density at radius 2 is 1.26 bits per heavy atom. The Morgan fingerprint density at radius 1 is 0.677 bits per heavy atom. The van der Waals surface area contributed by atoms with Gasteiger partial charge in [-0.2, -0.15) is 0 Å². The van der Waals surface area contributed by atoms with E-state index in [2.05, 4.69) is 0 Å². The number of ketones is 1. The van der Waals surface area contributed by atoms with E-state index in [9.17, 15) is 14.4 Å². The van der Waals surface area contributed by atoms with Gasteiger partial charge in [-0.05, 0) is 17.7 Å². The summed E-state index contributed by atoms with van der Waals surface area (Å²) in [5.41, 5.74) is 2.33. The quantitative estimate of drug-likeness (QED) is 0.358. The molecule has 0 fully saturated rings. The maximum Gasteiger partial charge on any atom is 0.340 e. The van der Waals surface area contributed by atoms with Gasteiger partial charge in [-0.3, -0.25) is 4.79 Å². The SMILES string of the molecule is COC(=O)c1c(C(=O)OC)c2cccc(C(=O)c3ccccc3)n2c1-c1ccccc1. The number of nitrogens with zero attached hydrogens (tertiary/aromatic N) is 1. The molecule has 0 saturated carbocycles. The molecule has 0 saturated heterocycles. The highest BCUT2D eigenvalue weighted by atomic mass is 16.5. The summed E-state index contributed by atoms with van der Waals surface area (Å²) in [7, 11) is 2.49. The molecule has 4 rings (SSSR count). The molecule has 4 aromatic rings. The molecule has 0 aliphatic carbocycles. The number of hydrogen-bond donors (Lipinski definition) is 0. The van der Waals surface area contributed by atoms with Gasteiger partial charge in [0.15, 0.2) is 0 Å². The van der Waals surface area contributed by atoms with Crippen molar-refractivity contribution in [2.24, 2.45) is 0 Å². The Morgan fingerprint density at radius 3 is 1.87 bits per heavy atom. The molecule has 31 heavy (non-hydrogen) atoms. The summed E-state index contributed by atoms with van der Waals surface area (Å²) < 4.78 is 11.6. The Labute approximate surface area is 178 Å². The Hall–Kier alpha value is -4.19. The summed E-state index contributed by atoms with van der Waals surface area (Å²) in [5.74, 6) is -1.63. The van der Waals surface area contributed by atoms with Crippen molar-refractivity contribution in [2.45, 2.75) is 0 Å². The van der Waals surface area contributed by atoms with Crippen LogP contribution in [0.1, 0.15) is 36.8 Å². The van der Waals surface area contributed by atoms with Crippen LogP contribution >= 0.6 is 0 Å². The fraction of sp³-hybridized carbons (Fsp3) is 0.0800. The monoisotopic (exact) mass is 413 g/mol. The number of esters is 2. The third-order valence-corrected chi connectivity index (χ3v) is 5.05. The van der Waals surface area contributed by atoms with Crippen molar-refractivity contribution in [1.29, 1.82) is 0 Å². The number of pyridine rings is 1. The predicted octanol–water partition coefficient (Wildman–Crippen LogP) is 4.41. The second-order valence-corrected chi connectivity index (χ2v) is 6.77. The first-order chi connectivity index (χ1) is 15.1. The molecule has 6 heteroatoms. The number of benzene rings is 2. The van der Waals surface area contributed by atoms with Crippen LogP contribution in [0.2, 0.25) is 0 Å². The van der Waals surface area contributed by atoms with Crippen molar-refractivity contribution in [3.63, 3.8) is 0 Å². The molecule has 0 radical (unpaired) electrons. The molecular formula is C25H19NO5. The third kappa shape index (κ3) is 3.38. The van der Waals surface area contributed by atoms with E-state index in [1.165, 1.54) is 14.2 Å². The highest BCUT2D eigenvalue weighted by Crippen LogP contribution is 2.35. The topological polar surface area (TPSA) is 74.1 Å². The van der Waals surface area contributed by atoms with E-state index >= 15 is 0 Å². The minimum absolute atomic E-state index is 0.0499. The van der Waals surface area contributed by atoms with Crippen molar-refractivity contribution < 1.29 is 23.9 Å². The highest BCUT2D eigenvalue weighted by Gasteiger charge is 2.32. The molecule has 0 aliphatic heterocycles. The molecule has 2 heterocycles. The first-order valence-corrected chi connectivity index (χ1v) is 9.57. The molecule has 0 aliphatic rings. The Kier molecular flexibility index (Phi) is 5.37. The molecule has 0 amide bonds. The number of aromatic nitrogens is 1. The van der Waals surface area contributed by atoms with Gasteiger partial charge in [-0.15, -0.1) is 0 Å². The van der Waals surface area contributed by atoms with Crippen molar-refractivity contribution in [3.05, 3.63) is 101 Å². The zero-order valence-corrected chi connectivity index (χ0v) is 17.0. The van der Waals surface area contributed by atoms with E-state index in [4.69, 9.17) is 9.47 Å². The fourth-order valence-corrected chi connectivity index (χ4v) is 3.70.